The molecule has 0 bridgehead atoms. The zero-order valence-electron chi connectivity index (χ0n) is 14.7. The van der Waals surface area contributed by atoms with E-state index < -0.39 is 5.54 Å². The molecule has 26 heavy (non-hydrogen) atoms. The number of nitrogens with one attached hydrogen (secondary N) is 1. The standard InChI is InChI=1S/C19H21N3O3S/c1-2-25-15-7-5-13(6-8-15)16-20-14(12-26-16)11-22-17(23)19(21-18(22)24)9-3-4-10-19/h5-8,12H,2-4,9-11H2,1H3,(H,21,24). The first-order valence-electron chi connectivity index (χ1n) is 8.93. The minimum atomic E-state index is -0.662. The van der Waals surface area contributed by atoms with E-state index in [4.69, 9.17) is 4.74 Å². The Labute approximate surface area is 156 Å². The molecule has 1 saturated heterocycles. The van der Waals surface area contributed by atoms with Crippen molar-refractivity contribution < 1.29 is 14.3 Å². The summed E-state index contributed by atoms with van der Waals surface area (Å²) in [7, 11) is 0. The maximum absolute atomic E-state index is 12.7. The Bertz CT molecular complexity index is 825. The van der Waals surface area contributed by atoms with Gasteiger partial charge in [-0.15, -0.1) is 11.3 Å². The Morgan fingerprint density at radius 3 is 2.65 bits per heavy atom. The average Bonchev–Trinajstić information content (AvgIpc) is 3.34. The molecule has 4 rings (SSSR count). The number of carbonyl (C=O) groups is 2. The zero-order chi connectivity index (χ0) is 18.1. The van der Waals surface area contributed by atoms with Gasteiger partial charge in [0, 0.05) is 10.9 Å². The fourth-order valence-corrected chi connectivity index (χ4v) is 4.49. The Balaban J connectivity index is 1.48. The van der Waals surface area contributed by atoms with Crippen LogP contribution in [0.1, 0.15) is 38.3 Å². The van der Waals surface area contributed by atoms with E-state index in [1.807, 2.05) is 36.6 Å². The van der Waals surface area contributed by atoms with Crippen LogP contribution in [-0.2, 0) is 11.3 Å². The van der Waals surface area contributed by atoms with Gasteiger partial charge >= 0.3 is 6.03 Å². The van der Waals surface area contributed by atoms with Crippen LogP contribution >= 0.6 is 11.3 Å². The number of thiazole rings is 1. The number of carbonyl (C=O) groups excluding carboxylic acids is 2. The molecule has 1 aromatic heterocycles. The second-order valence-corrected chi connectivity index (χ2v) is 7.57. The summed E-state index contributed by atoms with van der Waals surface area (Å²) in [4.78, 5) is 30.9. The van der Waals surface area contributed by atoms with Crippen LogP contribution in [-0.4, -0.2) is 34.0 Å². The predicted molar refractivity (Wildman–Crippen MR) is 99.0 cm³/mol. The van der Waals surface area contributed by atoms with Gasteiger partial charge in [0.2, 0.25) is 0 Å². The first-order chi connectivity index (χ1) is 12.6. The average molecular weight is 371 g/mol. The number of hydrogen-bond acceptors (Lipinski definition) is 5. The molecule has 6 nitrogen and oxygen atoms in total. The van der Waals surface area contributed by atoms with Gasteiger partial charge in [0.25, 0.3) is 5.91 Å². The van der Waals surface area contributed by atoms with E-state index in [0.717, 1.165) is 47.7 Å². The van der Waals surface area contributed by atoms with Crippen molar-refractivity contribution in [1.82, 2.24) is 15.2 Å². The highest BCUT2D eigenvalue weighted by Gasteiger charge is 2.52. The molecule has 3 amide bonds. The number of amides is 3. The van der Waals surface area contributed by atoms with Crippen LogP contribution in [0.4, 0.5) is 4.79 Å². The summed E-state index contributed by atoms with van der Waals surface area (Å²) in [6.45, 7) is 2.81. The predicted octanol–water partition coefficient (Wildman–Crippen LogP) is 3.57. The number of benzene rings is 1. The van der Waals surface area contributed by atoms with Crippen LogP contribution < -0.4 is 10.1 Å². The van der Waals surface area contributed by atoms with Crippen molar-refractivity contribution in [1.29, 1.82) is 0 Å². The lowest BCUT2D eigenvalue weighted by Crippen LogP contribution is -2.44. The molecule has 0 atom stereocenters. The molecule has 2 aromatic rings. The van der Waals surface area contributed by atoms with Crippen molar-refractivity contribution in [2.75, 3.05) is 6.61 Å². The fourth-order valence-electron chi connectivity index (χ4n) is 3.67. The molecule has 1 spiro atoms. The summed E-state index contributed by atoms with van der Waals surface area (Å²) in [5.41, 5.74) is 1.07. The van der Waals surface area contributed by atoms with Crippen LogP contribution in [0.15, 0.2) is 29.6 Å². The van der Waals surface area contributed by atoms with E-state index in [1.165, 1.54) is 16.2 Å². The zero-order valence-corrected chi connectivity index (χ0v) is 15.5. The molecule has 0 radical (unpaired) electrons. The van der Waals surface area contributed by atoms with Crippen LogP contribution in [0.25, 0.3) is 10.6 Å². The maximum atomic E-state index is 12.7. The first-order valence-corrected chi connectivity index (χ1v) is 9.81. The van der Waals surface area contributed by atoms with Gasteiger partial charge in [0.1, 0.15) is 16.3 Å². The van der Waals surface area contributed by atoms with Crippen molar-refractivity contribution in [3.8, 4) is 16.3 Å². The van der Waals surface area contributed by atoms with Crippen molar-refractivity contribution in [3.63, 3.8) is 0 Å². The molecule has 136 valence electrons. The molecule has 2 aliphatic rings. The van der Waals surface area contributed by atoms with Crippen LogP contribution in [0, 0.1) is 0 Å². The highest BCUT2D eigenvalue weighted by Crippen LogP contribution is 2.36. The lowest BCUT2D eigenvalue weighted by atomic mass is 9.98. The lowest BCUT2D eigenvalue weighted by Gasteiger charge is -2.19. The molecule has 1 aliphatic carbocycles. The SMILES string of the molecule is CCOc1ccc(-c2nc(CN3C(=O)NC4(CCCC4)C3=O)cs2)cc1. The van der Waals surface area contributed by atoms with Gasteiger partial charge < -0.3 is 10.1 Å². The van der Waals surface area contributed by atoms with E-state index in [2.05, 4.69) is 10.3 Å². The third kappa shape index (κ3) is 2.96. The summed E-state index contributed by atoms with van der Waals surface area (Å²) < 4.78 is 5.45. The highest BCUT2D eigenvalue weighted by molar-refractivity contribution is 7.13. The summed E-state index contributed by atoms with van der Waals surface area (Å²) in [5, 5.41) is 5.68. The first kappa shape index (κ1) is 17.0. The Morgan fingerprint density at radius 1 is 1.23 bits per heavy atom. The van der Waals surface area contributed by atoms with Crippen molar-refractivity contribution in [3.05, 3.63) is 35.3 Å². The number of hydrogen-bond donors (Lipinski definition) is 1. The van der Waals surface area contributed by atoms with Crippen LogP contribution in [0.3, 0.4) is 0 Å². The van der Waals surface area contributed by atoms with E-state index >= 15 is 0 Å². The maximum Gasteiger partial charge on any atom is 0.325 e. The molecular weight excluding hydrogens is 350 g/mol. The monoisotopic (exact) mass is 371 g/mol. The van der Waals surface area contributed by atoms with Gasteiger partial charge in [-0.2, -0.15) is 0 Å². The molecular formula is C19H21N3O3S. The van der Waals surface area contributed by atoms with Gasteiger partial charge in [0.15, 0.2) is 0 Å². The molecule has 1 aromatic carbocycles. The number of nitrogens with zero attached hydrogens (tertiary/aromatic N) is 2. The number of rotatable bonds is 5. The summed E-state index contributed by atoms with van der Waals surface area (Å²) in [6, 6.07) is 7.47. The van der Waals surface area contributed by atoms with Crippen LogP contribution in [0.5, 0.6) is 5.75 Å². The third-order valence-corrected chi connectivity index (χ3v) is 5.93. The van der Waals surface area contributed by atoms with Gasteiger partial charge in [-0.1, -0.05) is 12.8 Å². The molecule has 2 heterocycles. The molecule has 2 fully saturated rings. The minimum absolute atomic E-state index is 0.101. The van der Waals surface area contributed by atoms with Crippen molar-refractivity contribution in [2.45, 2.75) is 44.7 Å². The summed E-state index contributed by atoms with van der Waals surface area (Å²) in [6.07, 6.45) is 3.45. The molecule has 1 aliphatic heterocycles. The number of urea groups is 1. The highest BCUT2D eigenvalue weighted by atomic mass is 32.1. The van der Waals surface area contributed by atoms with E-state index in [9.17, 15) is 9.59 Å². The number of ether oxygens (including phenoxy) is 1. The molecule has 7 heteroatoms. The van der Waals surface area contributed by atoms with Gasteiger partial charge in [-0.3, -0.25) is 9.69 Å². The van der Waals surface area contributed by atoms with Crippen molar-refractivity contribution >= 4 is 23.3 Å². The quantitative estimate of drug-likeness (QED) is 0.816. The molecule has 1 saturated carbocycles. The van der Waals surface area contributed by atoms with Gasteiger partial charge in [-0.05, 0) is 44.0 Å². The molecule has 0 unspecified atom stereocenters. The van der Waals surface area contributed by atoms with Crippen LogP contribution in [0.2, 0.25) is 0 Å². The van der Waals surface area contributed by atoms with Crippen molar-refractivity contribution in [2.24, 2.45) is 0 Å². The Kier molecular flexibility index (Phi) is 4.40. The van der Waals surface area contributed by atoms with Gasteiger partial charge in [-0.25, -0.2) is 9.78 Å². The Hall–Kier alpha value is -2.41. The fraction of sp³-hybridized carbons (Fsp3) is 0.421. The summed E-state index contributed by atoms with van der Waals surface area (Å²) >= 11 is 1.51. The second kappa shape index (κ2) is 6.72. The number of aromatic nitrogens is 1. The summed E-state index contributed by atoms with van der Waals surface area (Å²) in [5.74, 6) is 0.727. The van der Waals surface area contributed by atoms with Gasteiger partial charge in [0.05, 0.1) is 18.8 Å². The lowest BCUT2D eigenvalue weighted by molar-refractivity contribution is -0.131. The minimum Gasteiger partial charge on any atom is -0.494 e. The third-order valence-electron chi connectivity index (χ3n) is 4.99. The van der Waals surface area contributed by atoms with E-state index in [-0.39, 0.29) is 18.5 Å². The topological polar surface area (TPSA) is 71.5 Å². The normalized spacial score (nSPS) is 18.6. The smallest absolute Gasteiger partial charge is 0.325 e. The van der Waals surface area contributed by atoms with E-state index in [0.29, 0.717) is 6.61 Å². The molecule has 1 N–H and O–H groups in total. The second-order valence-electron chi connectivity index (χ2n) is 6.71. The largest absolute Gasteiger partial charge is 0.494 e. The van der Waals surface area contributed by atoms with E-state index in [1.54, 1.807) is 0 Å². The number of imide groups is 1. The Morgan fingerprint density at radius 2 is 1.96 bits per heavy atom.